The van der Waals surface area contributed by atoms with Gasteiger partial charge in [0.25, 0.3) is 0 Å². The molecule has 18 heavy (non-hydrogen) atoms. The first-order chi connectivity index (χ1) is 8.53. The highest BCUT2D eigenvalue weighted by atomic mass is 35.5. The van der Waals surface area contributed by atoms with E-state index < -0.39 is 9.84 Å². The lowest BCUT2D eigenvalue weighted by atomic mass is 10.2. The van der Waals surface area contributed by atoms with Crippen LogP contribution in [0.3, 0.4) is 0 Å². The minimum Gasteiger partial charge on any atom is -0.317 e. The van der Waals surface area contributed by atoms with Gasteiger partial charge in [-0.25, -0.2) is 8.42 Å². The number of hydrogen-bond acceptors (Lipinski definition) is 3. The lowest BCUT2D eigenvalue weighted by molar-refractivity contribution is 0.587. The second-order valence-corrected chi connectivity index (χ2v) is 6.94. The summed E-state index contributed by atoms with van der Waals surface area (Å²) in [5.74, 6) is 0.324. The Morgan fingerprint density at radius 3 is 2.44 bits per heavy atom. The topological polar surface area (TPSA) is 46.2 Å². The zero-order chi connectivity index (χ0) is 13.4. The normalized spacial score (nSPS) is 11.7. The molecule has 0 spiro atoms. The smallest absolute Gasteiger partial charge is 0.154 e. The number of halogens is 1. The number of rotatable bonds is 8. The van der Waals surface area contributed by atoms with Gasteiger partial charge in [0.15, 0.2) is 9.84 Å². The zero-order valence-corrected chi connectivity index (χ0v) is 12.2. The van der Waals surface area contributed by atoms with Crippen molar-refractivity contribution in [3.05, 3.63) is 34.9 Å². The van der Waals surface area contributed by atoms with E-state index in [4.69, 9.17) is 11.6 Å². The van der Waals surface area contributed by atoms with E-state index in [9.17, 15) is 8.42 Å². The van der Waals surface area contributed by atoms with Crippen molar-refractivity contribution in [1.29, 1.82) is 0 Å². The molecule has 1 aromatic rings. The fourth-order valence-corrected chi connectivity index (χ4v) is 3.18. The van der Waals surface area contributed by atoms with Gasteiger partial charge in [0.2, 0.25) is 0 Å². The average Bonchev–Trinajstić information content (AvgIpc) is 2.31. The highest BCUT2D eigenvalue weighted by Crippen LogP contribution is 2.12. The molecule has 1 aromatic carbocycles. The molecule has 1 N–H and O–H groups in total. The summed E-state index contributed by atoms with van der Waals surface area (Å²) < 4.78 is 23.7. The zero-order valence-electron chi connectivity index (χ0n) is 10.7. The molecule has 5 heteroatoms. The summed E-state index contributed by atoms with van der Waals surface area (Å²) in [6.07, 6.45) is 1.73. The number of hydrogen-bond donors (Lipinski definition) is 1. The molecule has 1 rings (SSSR count). The van der Waals surface area contributed by atoms with E-state index in [-0.39, 0.29) is 11.5 Å². The van der Waals surface area contributed by atoms with E-state index in [0.29, 0.717) is 11.4 Å². The van der Waals surface area contributed by atoms with Crippen LogP contribution < -0.4 is 5.32 Å². The first-order valence-electron chi connectivity index (χ1n) is 6.19. The molecule has 0 amide bonds. The number of nitrogens with one attached hydrogen (secondary N) is 1. The van der Waals surface area contributed by atoms with E-state index >= 15 is 0 Å². The van der Waals surface area contributed by atoms with Crippen molar-refractivity contribution >= 4 is 21.4 Å². The molecule has 0 fully saturated rings. The molecule has 0 radical (unpaired) electrons. The number of sulfone groups is 1. The third-order valence-electron chi connectivity index (χ3n) is 2.54. The third-order valence-corrected chi connectivity index (χ3v) is 4.47. The summed E-state index contributed by atoms with van der Waals surface area (Å²) in [5.41, 5.74) is 0.793. The molecule has 102 valence electrons. The predicted molar refractivity (Wildman–Crippen MR) is 76.7 cm³/mol. The van der Waals surface area contributed by atoms with Crippen LogP contribution >= 0.6 is 11.6 Å². The van der Waals surface area contributed by atoms with Gasteiger partial charge in [-0.3, -0.25) is 0 Å². The van der Waals surface area contributed by atoms with Gasteiger partial charge in [-0.2, -0.15) is 0 Å². The molecule has 3 nitrogen and oxygen atoms in total. The highest BCUT2D eigenvalue weighted by Gasteiger charge is 2.11. The summed E-state index contributed by atoms with van der Waals surface area (Å²) >= 11 is 5.76. The largest absolute Gasteiger partial charge is 0.317 e. The van der Waals surface area contributed by atoms with Crippen LogP contribution in [-0.2, 0) is 15.6 Å². The van der Waals surface area contributed by atoms with Gasteiger partial charge in [-0.05, 0) is 43.6 Å². The first-order valence-corrected chi connectivity index (χ1v) is 8.39. The quantitative estimate of drug-likeness (QED) is 0.749. The van der Waals surface area contributed by atoms with Gasteiger partial charge in [0.05, 0.1) is 11.5 Å². The standard InChI is InChI=1S/C13H20ClNO2S/c1-2-8-15-9-3-10-18(16,17)11-12-4-6-13(14)7-5-12/h4-7,15H,2-3,8-11H2,1H3. The van der Waals surface area contributed by atoms with Crippen molar-refractivity contribution < 1.29 is 8.42 Å². The van der Waals surface area contributed by atoms with Gasteiger partial charge in [0.1, 0.15) is 0 Å². The van der Waals surface area contributed by atoms with Crippen LogP contribution in [0.4, 0.5) is 0 Å². The van der Waals surface area contributed by atoms with Crippen molar-refractivity contribution in [2.75, 3.05) is 18.8 Å². The van der Waals surface area contributed by atoms with Crippen LogP contribution in [0.1, 0.15) is 25.3 Å². The van der Waals surface area contributed by atoms with E-state index in [1.807, 2.05) is 0 Å². The fraction of sp³-hybridized carbons (Fsp3) is 0.538. The molecule has 0 aliphatic heterocycles. The summed E-state index contributed by atoms with van der Waals surface area (Å²) in [6, 6.07) is 6.95. The van der Waals surface area contributed by atoms with Gasteiger partial charge < -0.3 is 5.32 Å². The molecule has 0 aromatic heterocycles. The Bertz CT molecular complexity index is 443. The Hall–Kier alpha value is -0.580. The molecular formula is C13H20ClNO2S. The summed E-state index contributed by atoms with van der Waals surface area (Å²) in [4.78, 5) is 0. The minimum atomic E-state index is -3.02. The predicted octanol–water partition coefficient (Wildman–Crippen LogP) is 2.64. The van der Waals surface area contributed by atoms with Crippen molar-refractivity contribution in [1.82, 2.24) is 5.32 Å². The van der Waals surface area contributed by atoms with Gasteiger partial charge in [-0.15, -0.1) is 0 Å². The lowest BCUT2D eigenvalue weighted by Crippen LogP contribution is -2.19. The molecular weight excluding hydrogens is 270 g/mol. The van der Waals surface area contributed by atoms with E-state index in [0.717, 1.165) is 25.1 Å². The van der Waals surface area contributed by atoms with Crippen LogP contribution in [0, 0.1) is 0 Å². The van der Waals surface area contributed by atoms with E-state index in [1.165, 1.54) is 0 Å². The van der Waals surface area contributed by atoms with Crippen LogP contribution in [0.2, 0.25) is 5.02 Å². The average molecular weight is 290 g/mol. The van der Waals surface area contributed by atoms with E-state index in [1.54, 1.807) is 24.3 Å². The second-order valence-electron chi connectivity index (χ2n) is 4.32. The van der Waals surface area contributed by atoms with Crippen molar-refractivity contribution in [3.63, 3.8) is 0 Å². The summed E-state index contributed by atoms with van der Waals surface area (Å²) in [5, 5.41) is 3.82. The maximum Gasteiger partial charge on any atom is 0.154 e. The second kappa shape index (κ2) is 7.77. The Kier molecular flexibility index (Phi) is 6.68. The van der Waals surface area contributed by atoms with Crippen LogP contribution in [-0.4, -0.2) is 27.3 Å². The first kappa shape index (κ1) is 15.5. The molecule has 0 unspecified atom stereocenters. The molecule has 0 atom stereocenters. The summed E-state index contributed by atoms with van der Waals surface area (Å²) in [6.45, 7) is 3.79. The number of benzene rings is 1. The molecule has 0 aliphatic carbocycles. The minimum absolute atomic E-state index is 0.0952. The van der Waals surface area contributed by atoms with E-state index in [2.05, 4.69) is 12.2 Å². The molecule has 0 saturated heterocycles. The Balaban J connectivity index is 2.37. The van der Waals surface area contributed by atoms with Crippen molar-refractivity contribution in [3.8, 4) is 0 Å². The van der Waals surface area contributed by atoms with Crippen LogP contribution in [0.15, 0.2) is 24.3 Å². The fourth-order valence-electron chi connectivity index (χ4n) is 1.63. The summed E-state index contributed by atoms with van der Waals surface area (Å²) in [7, 11) is -3.02. The van der Waals surface area contributed by atoms with Crippen molar-refractivity contribution in [2.24, 2.45) is 0 Å². The Labute approximate surface area is 114 Å². The van der Waals surface area contributed by atoms with Gasteiger partial charge in [0, 0.05) is 5.02 Å². The maximum atomic E-state index is 11.9. The molecule has 0 saturated carbocycles. The monoisotopic (exact) mass is 289 g/mol. The third kappa shape index (κ3) is 6.38. The van der Waals surface area contributed by atoms with Crippen LogP contribution in [0.25, 0.3) is 0 Å². The molecule has 0 aliphatic rings. The SMILES string of the molecule is CCCNCCCS(=O)(=O)Cc1ccc(Cl)cc1. The highest BCUT2D eigenvalue weighted by molar-refractivity contribution is 7.90. The Morgan fingerprint density at radius 1 is 1.17 bits per heavy atom. The van der Waals surface area contributed by atoms with Crippen molar-refractivity contribution in [2.45, 2.75) is 25.5 Å². The lowest BCUT2D eigenvalue weighted by Gasteiger charge is -2.05. The van der Waals surface area contributed by atoms with Crippen LogP contribution in [0.5, 0.6) is 0 Å². The molecule has 0 bridgehead atoms. The Morgan fingerprint density at radius 2 is 1.83 bits per heavy atom. The maximum absolute atomic E-state index is 11.9. The van der Waals surface area contributed by atoms with Gasteiger partial charge in [-0.1, -0.05) is 30.7 Å². The molecule has 0 heterocycles. The van der Waals surface area contributed by atoms with Gasteiger partial charge >= 0.3 is 0 Å².